The molecule has 4 N–H and O–H groups in total. The van der Waals surface area contributed by atoms with Crippen molar-refractivity contribution >= 4 is 41.0 Å². The van der Waals surface area contributed by atoms with Crippen LogP contribution in [0.3, 0.4) is 0 Å². The van der Waals surface area contributed by atoms with E-state index in [2.05, 4.69) is 0 Å². The minimum Gasteiger partial charge on any atom is -0.479 e. The van der Waals surface area contributed by atoms with E-state index in [0.717, 1.165) is 12.1 Å². The maximum atomic E-state index is 12.1. The minimum absolute atomic E-state index is 0.160. The summed E-state index contributed by atoms with van der Waals surface area (Å²) in [4.78, 5) is 35.3. The van der Waals surface area contributed by atoms with Crippen LogP contribution in [0.5, 0.6) is 5.75 Å². The Balaban J connectivity index is 2.16. The van der Waals surface area contributed by atoms with Gasteiger partial charge in [-0.3, -0.25) is 10.1 Å². The number of nitro groups is 1. The number of ether oxygens (including phenoxy) is 3. The predicted molar refractivity (Wildman–Crippen MR) is 111 cm³/mol. The first-order chi connectivity index (χ1) is 15.6. The fraction of sp³-hybridized carbons (Fsp3) is 0.556. The fourth-order valence-corrected chi connectivity index (χ4v) is 3.31. The maximum Gasteiger partial charge on any atom is 0.410 e. The van der Waals surface area contributed by atoms with Crippen LogP contribution in [-0.4, -0.2) is 97.9 Å². The average molecular weight is 513 g/mol. The maximum absolute atomic E-state index is 12.1. The molecule has 33 heavy (non-hydrogen) atoms. The summed E-state index contributed by atoms with van der Waals surface area (Å²) in [7, 11) is 0. The van der Waals surface area contributed by atoms with Gasteiger partial charge in [-0.15, -0.1) is 23.2 Å². The van der Waals surface area contributed by atoms with Crippen LogP contribution < -0.4 is 4.74 Å². The van der Waals surface area contributed by atoms with Gasteiger partial charge in [0, 0.05) is 30.9 Å². The van der Waals surface area contributed by atoms with Gasteiger partial charge < -0.3 is 39.5 Å². The molecule has 0 spiro atoms. The van der Waals surface area contributed by atoms with Crippen LogP contribution >= 0.6 is 23.2 Å². The number of nitrogens with zero attached hydrogens (tertiary/aromatic N) is 2. The Morgan fingerprint density at radius 3 is 2.30 bits per heavy atom. The first kappa shape index (κ1) is 26.8. The zero-order chi connectivity index (χ0) is 24.7. The molecule has 1 heterocycles. The number of nitro benzene ring substituents is 1. The van der Waals surface area contributed by atoms with E-state index in [0.29, 0.717) is 0 Å². The Morgan fingerprint density at radius 2 is 1.76 bits per heavy atom. The van der Waals surface area contributed by atoms with E-state index < -0.39 is 59.1 Å². The quantitative estimate of drug-likeness (QED) is 0.191. The number of alkyl halides is 2. The number of aliphatic carboxylic acids is 1. The molecule has 5 atom stereocenters. The van der Waals surface area contributed by atoms with Crippen LogP contribution in [-0.2, 0) is 20.9 Å². The molecule has 1 fully saturated rings. The summed E-state index contributed by atoms with van der Waals surface area (Å²) in [6.45, 7) is 0.0683. The lowest BCUT2D eigenvalue weighted by atomic mass is 9.99. The van der Waals surface area contributed by atoms with Crippen LogP contribution in [0, 0.1) is 10.1 Å². The van der Waals surface area contributed by atoms with Crippen molar-refractivity contribution in [1.29, 1.82) is 0 Å². The lowest BCUT2D eigenvalue weighted by Gasteiger charge is -2.38. The third-order valence-electron chi connectivity index (χ3n) is 4.61. The van der Waals surface area contributed by atoms with Crippen LogP contribution in [0.4, 0.5) is 10.5 Å². The van der Waals surface area contributed by atoms with Crippen molar-refractivity contribution in [2.24, 2.45) is 0 Å². The molecular formula is C18H22Cl2N2O11. The van der Waals surface area contributed by atoms with Gasteiger partial charge in [0.15, 0.2) is 11.9 Å². The van der Waals surface area contributed by atoms with Crippen molar-refractivity contribution in [2.45, 2.75) is 37.3 Å². The molecule has 1 aliphatic rings. The SMILES string of the molecule is O=C(O)[C@H]1O[C@@H](Oc2ccc(COC(=O)N(CCCl)CCCl)cc2[N+](=O)[O-])[C@H](O)[C@@H](O)[C@@H]1O. The van der Waals surface area contributed by atoms with Gasteiger partial charge in [-0.2, -0.15) is 0 Å². The smallest absolute Gasteiger partial charge is 0.410 e. The molecule has 1 aromatic carbocycles. The molecule has 15 heteroatoms. The number of hydrogen-bond donors (Lipinski definition) is 4. The lowest BCUT2D eigenvalue weighted by Crippen LogP contribution is -2.61. The zero-order valence-corrected chi connectivity index (χ0v) is 18.5. The van der Waals surface area contributed by atoms with Gasteiger partial charge >= 0.3 is 17.7 Å². The minimum atomic E-state index is -1.94. The molecule has 1 saturated heterocycles. The van der Waals surface area contributed by atoms with Crippen LogP contribution in [0.15, 0.2) is 18.2 Å². The Bertz CT molecular complexity index is 853. The van der Waals surface area contributed by atoms with Crippen molar-refractivity contribution in [2.75, 3.05) is 24.8 Å². The van der Waals surface area contributed by atoms with Gasteiger partial charge in [-0.1, -0.05) is 6.07 Å². The normalized spacial score (nSPS) is 24.7. The van der Waals surface area contributed by atoms with E-state index >= 15 is 0 Å². The van der Waals surface area contributed by atoms with Crippen LogP contribution in [0.2, 0.25) is 0 Å². The highest BCUT2D eigenvalue weighted by molar-refractivity contribution is 6.18. The number of benzene rings is 1. The second-order valence-electron chi connectivity index (χ2n) is 6.83. The summed E-state index contributed by atoms with van der Waals surface area (Å²) in [5.41, 5.74) is -0.381. The van der Waals surface area contributed by atoms with Gasteiger partial charge in [0.1, 0.15) is 24.9 Å². The highest BCUT2D eigenvalue weighted by Crippen LogP contribution is 2.32. The first-order valence-corrected chi connectivity index (χ1v) is 10.6. The molecule has 1 amide bonds. The molecule has 2 rings (SSSR count). The summed E-state index contributed by atoms with van der Waals surface area (Å²) in [6, 6.07) is 3.50. The number of carbonyl (C=O) groups is 2. The number of halogens is 2. The molecular weight excluding hydrogens is 491 g/mol. The Labute approximate surface area is 197 Å². The van der Waals surface area contributed by atoms with Crippen molar-refractivity contribution < 1.29 is 49.1 Å². The average Bonchev–Trinajstić information content (AvgIpc) is 2.77. The Hall–Kier alpha value is -2.42. The second kappa shape index (κ2) is 12.2. The van der Waals surface area contributed by atoms with Crippen LogP contribution in [0.1, 0.15) is 5.56 Å². The molecule has 184 valence electrons. The number of carboxylic acid groups (broad SMARTS) is 1. The molecule has 0 bridgehead atoms. The van der Waals surface area contributed by atoms with Gasteiger partial charge in [0.05, 0.1) is 4.92 Å². The number of aliphatic hydroxyl groups is 3. The van der Waals surface area contributed by atoms with Gasteiger partial charge in [0.25, 0.3) is 0 Å². The van der Waals surface area contributed by atoms with E-state index in [1.165, 1.54) is 11.0 Å². The predicted octanol–water partition coefficient (Wildman–Crippen LogP) is 0.282. The van der Waals surface area contributed by atoms with E-state index in [4.69, 9.17) is 42.5 Å². The topological polar surface area (TPSA) is 189 Å². The second-order valence-corrected chi connectivity index (χ2v) is 7.59. The van der Waals surface area contributed by atoms with Crippen molar-refractivity contribution in [1.82, 2.24) is 4.90 Å². The van der Waals surface area contributed by atoms with Gasteiger partial charge in [-0.05, 0) is 11.6 Å². The van der Waals surface area contributed by atoms with E-state index in [-0.39, 0.29) is 37.0 Å². The van der Waals surface area contributed by atoms with Gasteiger partial charge in [-0.25, -0.2) is 9.59 Å². The summed E-state index contributed by atoms with van der Waals surface area (Å²) < 4.78 is 15.3. The number of rotatable bonds is 10. The van der Waals surface area contributed by atoms with E-state index in [9.17, 15) is 35.0 Å². The van der Waals surface area contributed by atoms with Crippen LogP contribution in [0.25, 0.3) is 0 Å². The third kappa shape index (κ3) is 6.79. The molecule has 1 aromatic rings. The summed E-state index contributed by atoms with van der Waals surface area (Å²) >= 11 is 11.3. The number of carboxylic acids is 1. The molecule has 0 radical (unpaired) electrons. The highest BCUT2D eigenvalue weighted by atomic mass is 35.5. The molecule has 1 aliphatic heterocycles. The molecule has 0 saturated carbocycles. The molecule has 0 aliphatic carbocycles. The van der Waals surface area contributed by atoms with Crippen molar-refractivity contribution in [3.63, 3.8) is 0 Å². The molecule has 0 aromatic heterocycles. The lowest BCUT2D eigenvalue weighted by molar-refractivity contribution is -0.387. The molecule has 13 nitrogen and oxygen atoms in total. The van der Waals surface area contributed by atoms with E-state index in [1.807, 2.05) is 0 Å². The van der Waals surface area contributed by atoms with Crippen molar-refractivity contribution in [3.05, 3.63) is 33.9 Å². The summed E-state index contributed by atoms with van der Waals surface area (Å²) in [5.74, 6) is -1.73. The number of carbonyl (C=O) groups excluding carboxylic acids is 1. The monoisotopic (exact) mass is 512 g/mol. The van der Waals surface area contributed by atoms with Crippen molar-refractivity contribution in [3.8, 4) is 5.75 Å². The first-order valence-electron chi connectivity index (χ1n) is 9.50. The third-order valence-corrected chi connectivity index (χ3v) is 4.94. The fourth-order valence-electron chi connectivity index (χ4n) is 2.90. The van der Waals surface area contributed by atoms with E-state index in [1.54, 1.807) is 0 Å². The summed E-state index contributed by atoms with van der Waals surface area (Å²) in [5, 5.41) is 50.2. The zero-order valence-electron chi connectivity index (χ0n) is 17.0. The summed E-state index contributed by atoms with van der Waals surface area (Å²) in [6.07, 6.45) is -10.3. The Morgan fingerprint density at radius 1 is 1.12 bits per heavy atom. The molecule has 0 unspecified atom stereocenters. The largest absolute Gasteiger partial charge is 0.479 e. The Kier molecular flexibility index (Phi) is 9.88. The highest BCUT2D eigenvalue weighted by Gasteiger charge is 2.48. The number of aliphatic hydroxyl groups excluding tert-OH is 3. The van der Waals surface area contributed by atoms with Gasteiger partial charge in [0.2, 0.25) is 6.29 Å². The standard InChI is InChI=1S/C18H22Cl2N2O11/c19-3-5-21(6-4-20)18(28)31-8-9-1-2-11(10(7-9)22(29)30)32-17-14(25)12(23)13(24)15(33-17)16(26)27/h1-2,7,12-15,17,23-25H,3-6,8H2,(H,26,27)/t12-,13-,14+,15-,17+/m0/s1. The number of hydrogen-bond acceptors (Lipinski definition) is 10. The number of amides is 1.